The maximum atomic E-state index is 13.1. The first-order chi connectivity index (χ1) is 14.6. The summed E-state index contributed by atoms with van der Waals surface area (Å²) in [7, 11) is -8.15. The summed E-state index contributed by atoms with van der Waals surface area (Å²) in [5, 5.41) is 0. The third kappa shape index (κ3) is 5.19. The number of aryl methyl sites for hydroxylation is 1. The van der Waals surface area contributed by atoms with Gasteiger partial charge in [0.2, 0.25) is 25.8 Å². The molecule has 0 unspecified atom stereocenters. The summed E-state index contributed by atoms with van der Waals surface area (Å²) in [4.78, 5) is 11.6. The van der Waals surface area contributed by atoms with Crippen molar-refractivity contribution in [1.82, 2.24) is 4.72 Å². The first-order valence-corrected chi connectivity index (χ1v) is 12.3. The van der Waals surface area contributed by atoms with Crippen molar-refractivity contribution < 1.29 is 21.6 Å². The Morgan fingerprint density at radius 1 is 0.871 bits per heavy atom. The van der Waals surface area contributed by atoms with Crippen LogP contribution in [0.15, 0.2) is 93.5 Å². The highest BCUT2D eigenvalue weighted by Gasteiger charge is 2.27. The maximum absolute atomic E-state index is 13.1. The Balaban J connectivity index is 1.97. The Kier molecular flexibility index (Phi) is 6.59. The third-order valence-corrected chi connectivity index (χ3v) is 8.12. The van der Waals surface area contributed by atoms with Gasteiger partial charge >= 0.3 is 0 Å². The number of benzene rings is 3. The Labute approximate surface area is 181 Å². The highest BCUT2D eigenvalue weighted by Crippen LogP contribution is 2.25. The first kappa shape index (κ1) is 22.7. The lowest BCUT2D eigenvalue weighted by Crippen LogP contribution is -2.45. The van der Waals surface area contributed by atoms with Crippen molar-refractivity contribution in [1.29, 1.82) is 0 Å². The maximum Gasteiger partial charge on any atom is 0.241 e. The van der Waals surface area contributed by atoms with E-state index in [9.17, 15) is 21.6 Å². The van der Waals surface area contributed by atoms with Gasteiger partial charge in [0.15, 0.2) is 0 Å². The van der Waals surface area contributed by atoms with E-state index in [4.69, 9.17) is 5.73 Å². The van der Waals surface area contributed by atoms with Gasteiger partial charge in [0.1, 0.15) is 6.04 Å². The Bertz CT molecular complexity index is 1290. The van der Waals surface area contributed by atoms with Gasteiger partial charge in [-0.1, -0.05) is 54.6 Å². The minimum atomic E-state index is -4.24. The van der Waals surface area contributed by atoms with Gasteiger partial charge in [-0.2, -0.15) is 4.72 Å². The number of sulfonamides is 1. The molecule has 162 valence electrons. The Hall–Kier alpha value is -3.01. The number of sulfone groups is 1. The molecule has 3 aromatic rings. The van der Waals surface area contributed by atoms with E-state index in [1.807, 2.05) is 0 Å². The predicted molar refractivity (Wildman–Crippen MR) is 117 cm³/mol. The van der Waals surface area contributed by atoms with Crippen LogP contribution in [0.5, 0.6) is 0 Å². The molecular weight excluding hydrogens is 436 g/mol. The van der Waals surface area contributed by atoms with E-state index >= 15 is 0 Å². The van der Waals surface area contributed by atoms with Gasteiger partial charge in [-0.3, -0.25) is 4.79 Å². The van der Waals surface area contributed by atoms with Crippen molar-refractivity contribution in [2.24, 2.45) is 5.73 Å². The number of rotatable bonds is 8. The smallest absolute Gasteiger partial charge is 0.241 e. The van der Waals surface area contributed by atoms with Crippen LogP contribution in [0, 0.1) is 6.92 Å². The number of carbonyl (C=O) groups is 1. The van der Waals surface area contributed by atoms with Crippen molar-refractivity contribution in [2.75, 3.05) is 0 Å². The topological polar surface area (TPSA) is 123 Å². The van der Waals surface area contributed by atoms with Crippen molar-refractivity contribution in [3.05, 3.63) is 90.0 Å². The SMILES string of the molecule is Cc1ccc(S(=O)(=O)c2ccccc2)cc1S(=O)(=O)N[C@@H](Cc1ccccc1)C(N)=O. The zero-order chi connectivity index (χ0) is 22.6. The second-order valence-electron chi connectivity index (χ2n) is 7.01. The van der Waals surface area contributed by atoms with Crippen molar-refractivity contribution in [3.8, 4) is 0 Å². The molecule has 0 aliphatic rings. The standard InChI is InChI=1S/C22H22N2O5S2/c1-16-12-13-19(30(26,27)18-10-6-3-7-11-18)15-21(16)31(28,29)24-20(22(23)25)14-17-8-4-2-5-9-17/h2-13,15,20,24H,14H2,1H3,(H2,23,25)/t20-/m0/s1. The molecule has 1 amide bonds. The summed E-state index contributed by atoms with van der Waals surface area (Å²) in [5.41, 5.74) is 6.48. The van der Waals surface area contributed by atoms with E-state index in [2.05, 4.69) is 4.72 Å². The van der Waals surface area contributed by atoms with Crippen LogP contribution in [0.2, 0.25) is 0 Å². The van der Waals surface area contributed by atoms with Crippen LogP contribution in [0.4, 0.5) is 0 Å². The highest BCUT2D eigenvalue weighted by molar-refractivity contribution is 7.91. The molecule has 0 spiro atoms. The number of carbonyl (C=O) groups excluding carboxylic acids is 1. The largest absolute Gasteiger partial charge is 0.368 e. The second kappa shape index (κ2) is 9.01. The molecular formula is C22H22N2O5S2. The zero-order valence-electron chi connectivity index (χ0n) is 16.7. The van der Waals surface area contributed by atoms with Crippen LogP contribution in [-0.2, 0) is 31.1 Å². The summed E-state index contributed by atoms with van der Waals surface area (Å²) in [6.45, 7) is 1.55. The molecule has 0 aliphatic carbocycles. The number of nitrogens with one attached hydrogen (secondary N) is 1. The summed E-state index contributed by atoms with van der Waals surface area (Å²) in [5.74, 6) is -0.835. The minimum Gasteiger partial charge on any atom is -0.368 e. The molecule has 0 fully saturated rings. The van der Waals surface area contributed by atoms with Crippen LogP contribution in [0.3, 0.4) is 0 Å². The highest BCUT2D eigenvalue weighted by atomic mass is 32.2. The lowest BCUT2D eigenvalue weighted by Gasteiger charge is -2.17. The molecule has 3 rings (SSSR count). The summed E-state index contributed by atoms with van der Waals surface area (Å²) < 4.78 is 54.3. The predicted octanol–water partition coefficient (Wildman–Crippen LogP) is 2.20. The van der Waals surface area contributed by atoms with E-state index in [0.717, 1.165) is 11.6 Å². The molecule has 0 bridgehead atoms. The molecule has 3 aromatic carbocycles. The molecule has 0 aromatic heterocycles. The lowest BCUT2D eigenvalue weighted by molar-refractivity contribution is -0.119. The molecule has 7 nitrogen and oxygen atoms in total. The van der Waals surface area contributed by atoms with E-state index in [-0.39, 0.29) is 21.1 Å². The van der Waals surface area contributed by atoms with Crippen LogP contribution >= 0.6 is 0 Å². The molecule has 1 atom stereocenters. The number of amides is 1. The van der Waals surface area contributed by atoms with Crippen LogP contribution in [0.1, 0.15) is 11.1 Å². The van der Waals surface area contributed by atoms with Gasteiger partial charge in [0.05, 0.1) is 14.7 Å². The van der Waals surface area contributed by atoms with Crippen LogP contribution < -0.4 is 10.5 Å². The quantitative estimate of drug-likeness (QED) is 0.536. The summed E-state index contributed by atoms with van der Waals surface area (Å²) in [6.07, 6.45) is 0.0659. The summed E-state index contributed by atoms with van der Waals surface area (Å²) >= 11 is 0. The van der Waals surface area contributed by atoms with Gasteiger partial charge < -0.3 is 5.73 Å². The van der Waals surface area contributed by atoms with Gasteiger partial charge in [-0.15, -0.1) is 0 Å². The molecule has 0 saturated carbocycles. The van der Waals surface area contributed by atoms with E-state index < -0.39 is 31.8 Å². The lowest BCUT2D eigenvalue weighted by atomic mass is 10.1. The first-order valence-electron chi connectivity index (χ1n) is 9.37. The monoisotopic (exact) mass is 458 g/mol. The van der Waals surface area contributed by atoms with E-state index in [1.165, 1.54) is 24.3 Å². The molecule has 0 saturated heterocycles. The van der Waals surface area contributed by atoms with E-state index in [1.54, 1.807) is 55.5 Å². The zero-order valence-corrected chi connectivity index (χ0v) is 18.4. The fraction of sp³-hybridized carbons (Fsp3) is 0.136. The van der Waals surface area contributed by atoms with Crippen LogP contribution in [-0.4, -0.2) is 28.8 Å². The van der Waals surface area contributed by atoms with Gasteiger partial charge in [-0.25, -0.2) is 16.8 Å². The van der Waals surface area contributed by atoms with Crippen molar-refractivity contribution in [2.45, 2.75) is 34.1 Å². The number of hydrogen-bond acceptors (Lipinski definition) is 5. The number of hydrogen-bond donors (Lipinski definition) is 2. The van der Waals surface area contributed by atoms with Crippen molar-refractivity contribution >= 4 is 25.8 Å². The molecule has 0 heterocycles. The van der Waals surface area contributed by atoms with Gasteiger partial charge in [0, 0.05) is 0 Å². The molecule has 31 heavy (non-hydrogen) atoms. The Morgan fingerprint density at radius 3 is 2.03 bits per heavy atom. The molecule has 0 radical (unpaired) electrons. The third-order valence-electron chi connectivity index (χ3n) is 4.74. The summed E-state index contributed by atoms with van der Waals surface area (Å²) in [6, 6.07) is 19.2. The number of primary amides is 1. The molecule has 0 aliphatic heterocycles. The fourth-order valence-electron chi connectivity index (χ4n) is 3.07. The molecule has 3 N–H and O–H groups in total. The van der Waals surface area contributed by atoms with E-state index in [0.29, 0.717) is 5.56 Å². The van der Waals surface area contributed by atoms with Crippen LogP contribution in [0.25, 0.3) is 0 Å². The normalized spacial score (nSPS) is 12.9. The molecule has 9 heteroatoms. The van der Waals surface area contributed by atoms with Gasteiger partial charge in [-0.05, 0) is 48.7 Å². The number of nitrogens with two attached hydrogens (primary N) is 1. The minimum absolute atomic E-state index is 0.0502. The average molecular weight is 459 g/mol. The van der Waals surface area contributed by atoms with Crippen molar-refractivity contribution in [3.63, 3.8) is 0 Å². The Morgan fingerprint density at radius 2 is 1.45 bits per heavy atom. The fourth-order valence-corrected chi connectivity index (χ4v) is 5.93. The average Bonchev–Trinajstić information content (AvgIpc) is 2.74. The second-order valence-corrected chi connectivity index (χ2v) is 10.6. The van der Waals surface area contributed by atoms with Gasteiger partial charge in [0.25, 0.3) is 0 Å².